The molecule has 2 aliphatic rings. The molecule has 1 unspecified atom stereocenters. The molecule has 0 amide bonds. The van der Waals surface area contributed by atoms with Crippen molar-refractivity contribution in [1.82, 2.24) is 0 Å². The van der Waals surface area contributed by atoms with Crippen LogP contribution in [0.4, 0.5) is 0 Å². The van der Waals surface area contributed by atoms with Crippen LogP contribution in [0.15, 0.2) is 33.4 Å². The van der Waals surface area contributed by atoms with E-state index in [9.17, 15) is 0 Å². The zero-order valence-electron chi connectivity index (χ0n) is 8.99. The van der Waals surface area contributed by atoms with Gasteiger partial charge in [0.2, 0.25) is 0 Å². The highest BCUT2D eigenvalue weighted by Gasteiger charge is 2.28. The highest BCUT2D eigenvalue weighted by atomic mass is 15.0. The van der Waals surface area contributed by atoms with E-state index >= 15 is 0 Å². The Labute approximate surface area is 85.2 Å². The molecule has 0 saturated carbocycles. The van der Waals surface area contributed by atoms with Crippen LogP contribution >= 0.6 is 0 Å². The van der Waals surface area contributed by atoms with Gasteiger partial charge in [0.05, 0.1) is 5.92 Å². The largest absolute Gasteiger partial charge is 0.240 e. The van der Waals surface area contributed by atoms with Crippen LogP contribution in [0, 0.1) is 11.8 Å². The molecule has 0 N–H and O–H groups in total. The first-order chi connectivity index (χ1) is 6.74. The molecule has 0 radical (unpaired) electrons. The van der Waals surface area contributed by atoms with Gasteiger partial charge in [-0.05, 0) is 24.0 Å². The number of hydrogen-bond donors (Lipinski definition) is 0. The number of rotatable bonds is 2. The van der Waals surface area contributed by atoms with E-state index in [1.165, 1.54) is 11.3 Å². The van der Waals surface area contributed by atoms with E-state index in [0.717, 1.165) is 12.3 Å². The number of aliphatic imine (C=N–C) groups is 2. The quantitative estimate of drug-likeness (QED) is 0.636. The molecule has 0 aliphatic carbocycles. The molecule has 0 aromatic rings. The lowest BCUT2D eigenvalue weighted by Gasteiger charge is -2.12. The highest BCUT2D eigenvalue weighted by molar-refractivity contribution is 6.01. The Bertz CT molecular complexity index is 357. The predicted octanol–water partition coefficient (Wildman–Crippen LogP) is 2.98. The summed E-state index contributed by atoms with van der Waals surface area (Å²) < 4.78 is 0. The third-order valence-electron chi connectivity index (χ3n) is 2.74. The summed E-state index contributed by atoms with van der Waals surface area (Å²) in [6.07, 6.45) is 7.11. The van der Waals surface area contributed by atoms with Crippen molar-refractivity contribution in [1.29, 1.82) is 0 Å². The fraction of sp³-hybridized carbons (Fsp3) is 0.500. The second kappa shape index (κ2) is 3.52. The molecule has 14 heavy (non-hydrogen) atoms. The van der Waals surface area contributed by atoms with Crippen LogP contribution in [-0.2, 0) is 0 Å². The van der Waals surface area contributed by atoms with Gasteiger partial charge >= 0.3 is 0 Å². The van der Waals surface area contributed by atoms with E-state index < -0.39 is 0 Å². The number of amidine groups is 1. The van der Waals surface area contributed by atoms with E-state index in [2.05, 4.69) is 36.8 Å². The summed E-state index contributed by atoms with van der Waals surface area (Å²) in [6, 6.07) is 0. The second-order valence-electron chi connectivity index (χ2n) is 4.03. The van der Waals surface area contributed by atoms with Crippen LogP contribution in [0.5, 0.6) is 0 Å². The van der Waals surface area contributed by atoms with Gasteiger partial charge in [-0.25, -0.2) is 9.98 Å². The summed E-state index contributed by atoms with van der Waals surface area (Å²) in [7, 11) is 0. The van der Waals surface area contributed by atoms with E-state index in [0.29, 0.717) is 11.8 Å². The van der Waals surface area contributed by atoms with Crippen LogP contribution < -0.4 is 0 Å². The molecular weight excluding hydrogens is 172 g/mol. The fourth-order valence-corrected chi connectivity index (χ4v) is 2.07. The van der Waals surface area contributed by atoms with Crippen molar-refractivity contribution >= 4 is 12.1 Å². The van der Waals surface area contributed by atoms with Crippen LogP contribution in [0.25, 0.3) is 0 Å². The number of allylic oxidation sites excluding steroid dienone is 2. The molecule has 0 spiro atoms. The minimum absolute atomic E-state index is 0.363. The summed E-state index contributed by atoms with van der Waals surface area (Å²) in [4.78, 5) is 8.93. The summed E-state index contributed by atoms with van der Waals surface area (Å²) in [6.45, 7) is 6.59. The van der Waals surface area contributed by atoms with Crippen LogP contribution in [0.2, 0.25) is 0 Å². The van der Waals surface area contributed by atoms with Gasteiger partial charge in [0.25, 0.3) is 0 Å². The SMILES string of the molecule is CCC1=C(C(C)C)N=C2N=CC=CC21. The third-order valence-corrected chi connectivity index (χ3v) is 2.74. The van der Waals surface area contributed by atoms with Gasteiger partial charge in [-0.15, -0.1) is 0 Å². The molecule has 0 aromatic carbocycles. The van der Waals surface area contributed by atoms with Crippen LogP contribution in [-0.4, -0.2) is 12.1 Å². The molecule has 2 heteroatoms. The molecule has 2 rings (SSSR count). The first-order valence-electron chi connectivity index (χ1n) is 5.26. The molecule has 2 aliphatic heterocycles. The summed E-state index contributed by atoms with van der Waals surface area (Å²) in [5, 5.41) is 0. The normalized spacial score (nSPS) is 24.6. The second-order valence-corrected chi connectivity index (χ2v) is 4.03. The lowest BCUT2D eigenvalue weighted by molar-refractivity contribution is 0.736. The van der Waals surface area contributed by atoms with Crippen molar-refractivity contribution in [3.05, 3.63) is 23.4 Å². The maximum Gasteiger partial charge on any atom is 0.139 e. The zero-order valence-corrected chi connectivity index (χ0v) is 8.99. The number of fused-ring (bicyclic) bond motifs is 1. The Morgan fingerprint density at radius 3 is 2.86 bits per heavy atom. The lowest BCUT2D eigenvalue weighted by Crippen LogP contribution is -2.11. The van der Waals surface area contributed by atoms with Crippen molar-refractivity contribution in [2.45, 2.75) is 27.2 Å². The van der Waals surface area contributed by atoms with E-state index in [-0.39, 0.29) is 0 Å². The van der Waals surface area contributed by atoms with Gasteiger partial charge in [0.1, 0.15) is 5.84 Å². The Morgan fingerprint density at radius 1 is 1.43 bits per heavy atom. The van der Waals surface area contributed by atoms with Crippen molar-refractivity contribution in [3.8, 4) is 0 Å². The number of dihydropyridines is 1. The smallest absolute Gasteiger partial charge is 0.139 e. The first kappa shape index (κ1) is 9.38. The Kier molecular flexibility index (Phi) is 2.36. The fourth-order valence-electron chi connectivity index (χ4n) is 2.07. The monoisotopic (exact) mass is 188 g/mol. The van der Waals surface area contributed by atoms with E-state index in [4.69, 9.17) is 0 Å². The topological polar surface area (TPSA) is 24.7 Å². The van der Waals surface area contributed by atoms with Crippen molar-refractivity contribution < 1.29 is 0 Å². The molecule has 0 aromatic heterocycles. The Balaban J connectivity index is 2.40. The Hall–Kier alpha value is -1.18. The van der Waals surface area contributed by atoms with Gasteiger partial charge in [0.15, 0.2) is 0 Å². The van der Waals surface area contributed by atoms with Gasteiger partial charge in [-0.1, -0.05) is 26.8 Å². The summed E-state index contributed by atoms with van der Waals surface area (Å²) in [5.41, 5.74) is 2.69. The first-order valence-corrected chi connectivity index (χ1v) is 5.26. The molecule has 0 saturated heterocycles. The average Bonchev–Trinajstić information content (AvgIpc) is 2.56. The van der Waals surface area contributed by atoms with Gasteiger partial charge in [-0.3, -0.25) is 0 Å². The van der Waals surface area contributed by atoms with Crippen LogP contribution in [0.3, 0.4) is 0 Å². The molecule has 2 nitrogen and oxygen atoms in total. The predicted molar refractivity (Wildman–Crippen MR) is 60.7 cm³/mol. The minimum atomic E-state index is 0.363. The molecule has 1 atom stereocenters. The standard InChI is InChI=1S/C12H16N2/c1-4-9-10-6-5-7-13-12(10)14-11(9)8(2)3/h5-8,10H,4H2,1-3H3. The minimum Gasteiger partial charge on any atom is -0.240 e. The van der Waals surface area contributed by atoms with Crippen molar-refractivity contribution in [2.75, 3.05) is 0 Å². The number of hydrogen-bond acceptors (Lipinski definition) is 2. The lowest BCUT2D eigenvalue weighted by atomic mass is 9.92. The van der Waals surface area contributed by atoms with Crippen molar-refractivity contribution in [3.63, 3.8) is 0 Å². The van der Waals surface area contributed by atoms with Crippen molar-refractivity contribution in [2.24, 2.45) is 21.8 Å². The molecule has 0 fully saturated rings. The summed E-state index contributed by atoms with van der Waals surface area (Å²) >= 11 is 0. The third kappa shape index (κ3) is 1.35. The summed E-state index contributed by atoms with van der Waals surface area (Å²) in [5.74, 6) is 1.85. The highest BCUT2D eigenvalue weighted by Crippen LogP contribution is 2.34. The van der Waals surface area contributed by atoms with Gasteiger partial charge in [-0.2, -0.15) is 0 Å². The maximum absolute atomic E-state index is 4.61. The van der Waals surface area contributed by atoms with Crippen LogP contribution in [0.1, 0.15) is 27.2 Å². The molecule has 0 bridgehead atoms. The average molecular weight is 188 g/mol. The van der Waals surface area contributed by atoms with Gasteiger partial charge < -0.3 is 0 Å². The molecule has 74 valence electrons. The van der Waals surface area contributed by atoms with E-state index in [1.54, 1.807) is 0 Å². The Morgan fingerprint density at radius 2 is 2.21 bits per heavy atom. The van der Waals surface area contributed by atoms with Gasteiger partial charge in [0, 0.05) is 11.9 Å². The van der Waals surface area contributed by atoms with E-state index in [1.807, 2.05) is 12.3 Å². The molecule has 2 heterocycles. The maximum atomic E-state index is 4.61. The molecular formula is C12H16N2. The number of nitrogens with zero attached hydrogens (tertiary/aromatic N) is 2. The zero-order chi connectivity index (χ0) is 10.1.